The van der Waals surface area contributed by atoms with Crippen LogP contribution >= 0.6 is 11.6 Å². The number of hydrazine groups is 1. The maximum Gasteiger partial charge on any atom is 0.128 e. The van der Waals surface area contributed by atoms with E-state index in [9.17, 15) is 0 Å². The fourth-order valence-electron chi connectivity index (χ4n) is 2.55. The van der Waals surface area contributed by atoms with Crippen LogP contribution in [0.1, 0.15) is 24.4 Å². The number of rotatable bonds is 4. The van der Waals surface area contributed by atoms with Crippen LogP contribution in [0.25, 0.3) is 0 Å². The standard InChI is InChI=1S/C12H19ClN4O2/c1-18-12(2-4-19-5-3-12)10(17-15)9-6-8(13)7-16-11(9)14/h6-7,10,17H,2-5,15H2,1H3,(H2,14,16). The number of hydrogen-bond acceptors (Lipinski definition) is 6. The van der Waals surface area contributed by atoms with E-state index in [0.29, 0.717) is 24.1 Å². The number of pyridine rings is 1. The van der Waals surface area contributed by atoms with Gasteiger partial charge in [0, 0.05) is 44.9 Å². The molecule has 0 aromatic carbocycles. The molecule has 0 radical (unpaired) electrons. The third-order valence-corrected chi connectivity index (χ3v) is 3.87. The Hall–Kier alpha value is -0.920. The fourth-order valence-corrected chi connectivity index (χ4v) is 2.72. The van der Waals surface area contributed by atoms with Crippen LogP contribution in [0.2, 0.25) is 5.02 Å². The van der Waals surface area contributed by atoms with E-state index in [2.05, 4.69) is 10.4 Å². The summed E-state index contributed by atoms with van der Waals surface area (Å²) in [4.78, 5) is 4.07. The summed E-state index contributed by atoms with van der Waals surface area (Å²) < 4.78 is 11.1. The minimum atomic E-state index is -0.465. The van der Waals surface area contributed by atoms with Crippen molar-refractivity contribution in [3.05, 3.63) is 22.8 Å². The molecule has 1 aliphatic heterocycles. The number of halogens is 1. The molecule has 0 bridgehead atoms. The van der Waals surface area contributed by atoms with Crippen molar-refractivity contribution in [3.8, 4) is 0 Å². The molecule has 1 unspecified atom stereocenters. The first kappa shape index (κ1) is 14.5. The zero-order valence-electron chi connectivity index (χ0n) is 10.9. The number of nitrogens with one attached hydrogen (secondary N) is 1. The van der Waals surface area contributed by atoms with E-state index in [4.69, 9.17) is 32.7 Å². The van der Waals surface area contributed by atoms with Crippen LogP contribution in [0.5, 0.6) is 0 Å². The van der Waals surface area contributed by atoms with Gasteiger partial charge in [0.05, 0.1) is 16.7 Å². The maximum absolute atomic E-state index is 5.99. The molecule has 5 N–H and O–H groups in total. The number of nitrogen functional groups attached to an aromatic ring is 1. The van der Waals surface area contributed by atoms with Gasteiger partial charge in [0.15, 0.2) is 0 Å². The lowest BCUT2D eigenvalue weighted by atomic mass is 9.82. The topological polar surface area (TPSA) is 95.4 Å². The molecule has 1 atom stereocenters. The van der Waals surface area contributed by atoms with Crippen LogP contribution in [0, 0.1) is 0 Å². The molecule has 1 saturated heterocycles. The largest absolute Gasteiger partial charge is 0.383 e. The SMILES string of the molecule is COC1(C(NN)c2cc(Cl)cnc2N)CCOCC1. The van der Waals surface area contributed by atoms with Gasteiger partial charge in [-0.25, -0.2) is 10.4 Å². The molecule has 1 aromatic heterocycles. The first-order chi connectivity index (χ1) is 9.13. The summed E-state index contributed by atoms with van der Waals surface area (Å²) in [5.74, 6) is 6.12. The second-order valence-corrected chi connectivity index (χ2v) is 5.05. The van der Waals surface area contributed by atoms with Crippen LogP contribution < -0.4 is 17.0 Å². The highest BCUT2D eigenvalue weighted by Gasteiger charge is 2.42. The van der Waals surface area contributed by atoms with E-state index in [-0.39, 0.29) is 6.04 Å². The van der Waals surface area contributed by atoms with Crippen LogP contribution in [0.4, 0.5) is 5.82 Å². The Morgan fingerprint density at radius 3 is 2.79 bits per heavy atom. The second kappa shape index (κ2) is 6.02. The lowest BCUT2D eigenvalue weighted by Crippen LogP contribution is -2.51. The summed E-state index contributed by atoms with van der Waals surface area (Å²) in [5.41, 5.74) is 9.01. The van der Waals surface area contributed by atoms with Gasteiger partial charge in [-0.2, -0.15) is 0 Å². The van der Waals surface area contributed by atoms with Gasteiger partial charge in [0.2, 0.25) is 0 Å². The van der Waals surface area contributed by atoms with Crippen molar-refractivity contribution in [2.45, 2.75) is 24.5 Å². The highest BCUT2D eigenvalue weighted by molar-refractivity contribution is 6.30. The van der Waals surface area contributed by atoms with Gasteiger partial charge < -0.3 is 15.2 Å². The van der Waals surface area contributed by atoms with Gasteiger partial charge in [-0.1, -0.05) is 11.6 Å². The average Bonchev–Trinajstić information content (AvgIpc) is 2.44. The molecular weight excluding hydrogens is 268 g/mol. The molecule has 106 valence electrons. The lowest BCUT2D eigenvalue weighted by Gasteiger charge is -2.42. The van der Waals surface area contributed by atoms with Gasteiger partial charge in [-0.3, -0.25) is 5.84 Å². The fraction of sp³-hybridized carbons (Fsp3) is 0.583. The van der Waals surface area contributed by atoms with Gasteiger partial charge in [-0.15, -0.1) is 0 Å². The van der Waals surface area contributed by atoms with Crippen molar-refractivity contribution in [1.82, 2.24) is 10.4 Å². The number of anilines is 1. The molecule has 0 aliphatic carbocycles. The molecule has 1 aromatic rings. The second-order valence-electron chi connectivity index (χ2n) is 4.61. The number of methoxy groups -OCH3 is 1. The third kappa shape index (κ3) is 2.82. The molecule has 2 heterocycles. The molecule has 1 fully saturated rings. The number of ether oxygens (including phenoxy) is 2. The van der Waals surface area contributed by atoms with Crippen LogP contribution in [0.15, 0.2) is 12.3 Å². The van der Waals surface area contributed by atoms with Crippen molar-refractivity contribution in [2.24, 2.45) is 5.84 Å². The smallest absolute Gasteiger partial charge is 0.128 e. The van der Waals surface area contributed by atoms with Gasteiger partial charge in [0.1, 0.15) is 5.82 Å². The Morgan fingerprint density at radius 1 is 1.53 bits per heavy atom. The number of nitrogens with zero attached hydrogens (tertiary/aromatic N) is 1. The molecule has 19 heavy (non-hydrogen) atoms. The molecular formula is C12H19ClN4O2. The molecule has 6 nitrogen and oxygen atoms in total. The molecule has 0 saturated carbocycles. The van der Waals surface area contributed by atoms with E-state index in [1.54, 1.807) is 13.2 Å². The first-order valence-corrected chi connectivity index (χ1v) is 6.50. The Balaban J connectivity index is 2.39. The van der Waals surface area contributed by atoms with E-state index in [0.717, 1.165) is 18.4 Å². The zero-order chi connectivity index (χ0) is 13.9. The summed E-state index contributed by atoms with van der Waals surface area (Å²) in [6.45, 7) is 1.25. The highest BCUT2D eigenvalue weighted by atomic mass is 35.5. The normalized spacial score (nSPS) is 20.2. The first-order valence-electron chi connectivity index (χ1n) is 6.13. The minimum absolute atomic E-state index is 0.285. The van der Waals surface area contributed by atoms with Crippen molar-refractivity contribution in [1.29, 1.82) is 0 Å². The number of nitrogens with two attached hydrogens (primary N) is 2. The quantitative estimate of drug-likeness (QED) is 0.565. The molecule has 2 rings (SSSR count). The Bertz CT molecular complexity index is 438. The predicted octanol–water partition coefficient (Wildman–Crippen LogP) is 1.02. The predicted molar refractivity (Wildman–Crippen MR) is 73.5 cm³/mol. The van der Waals surface area contributed by atoms with E-state index < -0.39 is 5.60 Å². The van der Waals surface area contributed by atoms with Gasteiger partial charge in [-0.05, 0) is 6.07 Å². The monoisotopic (exact) mass is 286 g/mol. The Labute approximate surface area is 117 Å². The summed E-state index contributed by atoms with van der Waals surface area (Å²) >= 11 is 5.99. The maximum atomic E-state index is 5.99. The van der Waals surface area contributed by atoms with E-state index in [1.165, 1.54) is 6.20 Å². The summed E-state index contributed by atoms with van der Waals surface area (Å²) in [7, 11) is 1.67. The molecule has 0 spiro atoms. The third-order valence-electron chi connectivity index (χ3n) is 3.67. The van der Waals surface area contributed by atoms with Crippen LogP contribution in [-0.4, -0.2) is 30.9 Å². The van der Waals surface area contributed by atoms with Crippen LogP contribution in [0.3, 0.4) is 0 Å². The summed E-state index contributed by atoms with van der Waals surface area (Å²) in [6, 6.07) is 1.48. The minimum Gasteiger partial charge on any atom is -0.383 e. The summed E-state index contributed by atoms with van der Waals surface area (Å²) in [6.07, 6.45) is 2.96. The molecule has 7 heteroatoms. The Morgan fingerprint density at radius 2 is 2.21 bits per heavy atom. The van der Waals surface area contributed by atoms with Crippen LogP contribution in [-0.2, 0) is 9.47 Å². The van der Waals surface area contributed by atoms with Crippen molar-refractivity contribution in [2.75, 3.05) is 26.1 Å². The van der Waals surface area contributed by atoms with Crippen molar-refractivity contribution in [3.63, 3.8) is 0 Å². The average molecular weight is 287 g/mol. The van der Waals surface area contributed by atoms with Crippen molar-refractivity contribution >= 4 is 17.4 Å². The van der Waals surface area contributed by atoms with E-state index in [1.807, 2.05) is 0 Å². The van der Waals surface area contributed by atoms with Crippen molar-refractivity contribution < 1.29 is 9.47 Å². The summed E-state index contributed by atoms with van der Waals surface area (Å²) in [5, 5.41) is 0.516. The van der Waals surface area contributed by atoms with Gasteiger partial charge in [0.25, 0.3) is 0 Å². The zero-order valence-corrected chi connectivity index (χ0v) is 11.6. The van der Waals surface area contributed by atoms with Gasteiger partial charge >= 0.3 is 0 Å². The molecule has 0 amide bonds. The lowest BCUT2D eigenvalue weighted by molar-refractivity contribution is -0.111. The Kier molecular flexibility index (Phi) is 4.59. The highest BCUT2D eigenvalue weighted by Crippen LogP contribution is 2.39. The number of hydrogen-bond donors (Lipinski definition) is 3. The molecule has 1 aliphatic rings. The number of aromatic nitrogens is 1. The van der Waals surface area contributed by atoms with E-state index >= 15 is 0 Å².